The molecule has 1 aliphatic heterocycles. The molecular formula is C21H22N4O3. The van der Waals surface area contributed by atoms with Gasteiger partial charge in [0.2, 0.25) is 5.95 Å². The Morgan fingerprint density at radius 2 is 1.82 bits per heavy atom. The Labute approximate surface area is 163 Å². The van der Waals surface area contributed by atoms with Gasteiger partial charge in [0.25, 0.3) is 0 Å². The van der Waals surface area contributed by atoms with Crippen LogP contribution in [0.3, 0.4) is 0 Å². The molecule has 0 saturated heterocycles. The van der Waals surface area contributed by atoms with Crippen molar-refractivity contribution in [3.05, 3.63) is 60.3 Å². The summed E-state index contributed by atoms with van der Waals surface area (Å²) in [5.41, 5.74) is 2.10. The van der Waals surface area contributed by atoms with Crippen molar-refractivity contribution in [1.82, 2.24) is 9.97 Å². The first-order chi connectivity index (χ1) is 13.8. The first-order valence-electron chi connectivity index (χ1n) is 9.17. The van der Waals surface area contributed by atoms with Crippen LogP contribution in [0, 0.1) is 0 Å². The smallest absolute Gasteiger partial charge is 0.224 e. The molecular weight excluding hydrogens is 356 g/mol. The molecule has 4 rings (SSSR count). The number of ether oxygens (including phenoxy) is 3. The molecule has 1 aromatic heterocycles. The van der Waals surface area contributed by atoms with Gasteiger partial charge in [0.1, 0.15) is 24.8 Å². The number of rotatable bonds is 7. The van der Waals surface area contributed by atoms with Crippen LogP contribution in [0.15, 0.2) is 54.7 Å². The van der Waals surface area contributed by atoms with E-state index in [4.69, 9.17) is 14.2 Å². The molecule has 28 heavy (non-hydrogen) atoms. The minimum absolute atomic E-state index is 0.562. The Balaban J connectivity index is 1.35. The lowest BCUT2D eigenvalue weighted by molar-refractivity contribution is 0.171. The molecule has 2 N–H and O–H groups in total. The zero-order valence-electron chi connectivity index (χ0n) is 15.6. The zero-order chi connectivity index (χ0) is 19.2. The van der Waals surface area contributed by atoms with E-state index in [0.29, 0.717) is 25.0 Å². The Kier molecular flexibility index (Phi) is 5.42. The molecule has 0 spiro atoms. The minimum Gasteiger partial charge on any atom is -0.497 e. The van der Waals surface area contributed by atoms with E-state index in [2.05, 4.69) is 32.7 Å². The molecule has 7 heteroatoms. The van der Waals surface area contributed by atoms with Crippen molar-refractivity contribution in [3.63, 3.8) is 0 Å². The van der Waals surface area contributed by atoms with E-state index in [9.17, 15) is 0 Å². The highest BCUT2D eigenvalue weighted by Crippen LogP contribution is 2.33. The van der Waals surface area contributed by atoms with Crippen molar-refractivity contribution in [1.29, 1.82) is 0 Å². The van der Waals surface area contributed by atoms with Gasteiger partial charge < -0.3 is 24.8 Å². The van der Waals surface area contributed by atoms with Crippen LogP contribution in [0.2, 0.25) is 0 Å². The van der Waals surface area contributed by atoms with Crippen LogP contribution in [0.4, 0.5) is 17.5 Å². The molecule has 144 valence electrons. The first-order valence-corrected chi connectivity index (χ1v) is 9.17. The third kappa shape index (κ3) is 4.43. The van der Waals surface area contributed by atoms with Gasteiger partial charge >= 0.3 is 0 Å². The van der Waals surface area contributed by atoms with Crippen LogP contribution in [-0.4, -0.2) is 36.8 Å². The zero-order valence-corrected chi connectivity index (χ0v) is 15.6. The lowest BCUT2D eigenvalue weighted by Gasteiger charge is -2.19. The molecule has 2 aromatic carbocycles. The number of nitrogens with zero attached hydrogens (tertiary/aromatic N) is 2. The van der Waals surface area contributed by atoms with E-state index >= 15 is 0 Å². The van der Waals surface area contributed by atoms with Crippen LogP contribution in [0.5, 0.6) is 17.2 Å². The second kappa shape index (κ2) is 8.47. The van der Waals surface area contributed by atoms with E-state index in [-0.39, 0.29) is 0 Å². The summed E-state index contributed by atoms with van der Waals surface area (Å²) in [7, 11) is 1.67. The summed E-state index contributed by atoms with van der Waals surface area (Å²) in [6.45, 7) is 1.88. The van der Waals surface area contributed by atoms with Gasteiger partial charge in [0, 0.05) is 24.5 Å². The van der Waals surface area contributed by atoms with Crippen LogP contribution >= 0.6 is 0 Å². The number of fused-ring (bicyclic) bond motifs is 1. The summed E-state index contributed by atoms with van der Waals surface area (Å²) < 4.78 is 16.3. The number of nitrogens with one attached hydrogen (secondary N) is 2. The molecule has 7 nitrogen and oxygen atoms in total. The Morgan fingerprint density at radius 1 is 1.00 bits per heavy atom. The second-order valence-electron chi connectivity index (χ2n) is 6.27. The number of anilines is 3. The highest BCUT2D eigenvalue weighted by molar-refractivity contribution is 5.62. The summed E-state index contributed by atoms with van der Waals surface area (Å²) in [6, 6.07) is 15.6. The van der Waals surface area contributed by atoms with E-state index < -0.39 is 0 Å². The van der Waals surface area contributed by atoms with Crippen molar-refractivity contribution in [2.75, 3.05) is 37.5 Å². The van der Waals surface area contributed by atoms with Crippen molar-refractivity contribution < 1.29 is 14.2 Å². The first kappa shape index (κ1) is 17.9. The molecule has 0 atom stereocenters. The van der Waals surface area contributed by atoms with Crippen molar-refractivity contribution in [2.45, 2.75) is 6.42 Å². The Bertz CT molecular complexity index is 931. The van der Waals surface area contributed by atoms with E-state index in [0.717, 1.165) is 35.9 Å². The number of hydrogen-bond donors (Lipinski definition) is 2. The fraction of sp³-hybridized carbons (Fsp3) is 0.238. The predicted molar refractivity (Wildman–Crippen MR) is 108 cm³/mol. The van der Waals surface area contributed by atoms with Gasteiger partial charge in [0.05, 0.1) is 7.11 Å². The number of hydrogen-bond acceptors (Lipinski definition) is 7. The van der Waals surface area contributed by atoms with Gasteiger partial charge in [0.15, 0.2) is 11.5 Å². The summed E-state index contributed by atoms with van der Waals surface area (Å²) >= 11 is 0. The minimum atomic E-state index is 0.562. The molecule has 0 unspecified atom stereocenters. The third-order valence-electron chi connectivity index (χ3n) is 4.33. The summed E-state index contributed by atoms with van der Waals surface area (Å²) in [5.74, 6) is 3.65. The normalized spacial score (nSPS) is 12.3. The lowest BCUT2D eigenvalue weighted by atomic mass is 10.1. The number of benzene rings is 2. The largest absolute Gasteiger partial charge is 0.497 e. The summed E-state index contributed by atoms with van der Waals surface area (Å²) in [5, 5.41) is 6.53. The SMILES string of the molecule is COc1ccc(CCNc2nccc(Nc3ccc4c(c3)OCCO4)n2)cc1. The van der Waals surface area contributed by atoms with E-state index in [1.54, 1.807) is 13.3 Å². The number of methoxy groups -OCH3 is 1. The number of aromatic nitrogens is 2. The molecule has 0 radical (unpaired) electrons. The van der Waals surface area contributed by atoms with Crippen molar-refractivity contribution in [2.24, 2.45) is 0 Å². The Hall–Kier alpha value is -3.48. The van der Waals surface area contributed by atoms with Crippen LogP contribution < -0.4 is 24.8 Å². The summed E-state index contributed by atoms with van der Waals surface area (Å²) in [4.78, 5) is 8.80. The molecule has 2 heterocycles. The maximum atomic E-state index is 5.62. The monoisotopic (exact) mass is 378 g/mol. The highest BCUT2D eigenvalue weighted by atomic mass is 16.6. The quantitative estimate of drug-likeness (QED) is 0.650. The molecule has 0 amide bonds. The van der Waals surface area contributed by atoms with Crippen LogP contribution in [0.1, 0.15) is 5.56 Å². The van der Waals surface area contributed by atoms with Crippen molar-refractivity contribution >= 4 is 17.5 Å². The molecule has 1 aliphatic rings. The van der Waals surface area contributed by atoms with Crippen LogP contribution in [0.25, 0.3) is 0 Å². The van der Waals surface area contributed by atoms with Crippen LogP contribution in [-0.2, 0) is 6.42 Å². The average molecular weight is 378 g/mol. The van der Waals surface area contributed by atoms with Gasteiger partial charge in [-0.05, 0) is 42.3 Å². The third-order valence-corrected chi connectivity index (χ3v) is 4.33. The highest BCUT2D eigenvalue weighted by Gasteiger charge is 2.12. The van der Waals surface area contributed by atoms with Gasteiger partial charge in [-0.1, -0.05) is 12.1 Å². The van der Waals surface area contributed by atoms with Gasteiger partial charge in [-0.3, -0.25) is 0 Å². The standard InChI is InChI=1S/C21H22N4O3/c1-26-17-5-2-15(3-6-17)8-10-22-21-23-11-9-20(25-21)24-16-4-7-18-19(14-16)28-13-12-27-18/h2-7,9,11,14H,8,10,12-13H2,1H3,(H2,22,23,24,25). The second-order valence-corrected chi connectivity index (χ2v) is 6.27. The van der Waals surface area contributed by atoms with E-state index in [1.807, 2.05) is 36.4 Å². The average Bonchev–Trinajstić information content (AvgIpc) is 2.74. The van der Waals surface area contributed by atoms with Gasteiger partial charge in [-0.25, -0.2) is 4.98 Å². The summed E-state index contributed by atoms with van der Waals surface area (Å²) in [6.07, 6.45) is 2.59. The maximum Gasteiger partial charge on any atom is 0.224 e. The van der Waals surface area contributed by atoms with Crippen molar-refractivity contribution in [3.8, 4) is 17.2 Å². The Morgan fingerprint density at radius 3 is 2.64 bits per heavy atom. The topological polar surface area (TPSA) is 77.5 Å². The molecule has 0 aliphatic carbocycles. The molecule has 3 aromatic rings. The van der Waals surface area contributed by atoms with Gasteiger partial charge in [-0.15, -0.1) is 0 Å². The molecule has 0 bridgehead atoms. The molecule has 0 saturated carbocycles. The predicted octanol–water partition coefficient (Wildman–Crippen LogP) is 3.65. The maximum absolute atomic E-state index is 5.62. The van der Waals surface area contributed by atoms with E-state index in [1.165, 1.54) is 5.56 Å². The lowest BCUT2D eigenvalue weighted by Crippen LogP contribution is -2.15. The molecule has 0 fully saturated rings. The fourth-order valence-electron chi connectivity index (χ4n) is 2.89. The van der Waals surface area contributed by atoms with Gasteiger partial charge in [-0.2, -0.15) is 4.98 Å². The fourth-order valence-corrected chi connectivity index (χ4v) is 2.89.